The highest BCUT2D eigenvalue weighted by molar-refractivity contribution is 6.29. The molecular formula is C14H12ClFN2O. The standard InChI is InChI=1S/C14H12ClFN2O/c1-9-6-11(7-13(15)18-9)14(19)17-8-10-4-2-3-5-12(10)16/h2-7H,8H2,1H3,(H,17,19). The van der Waals surface area contributed by atoms with Gasteiger partial charge < -0.3 is 5.32 Å². The number of carbonyl (C=O) groups is 1. The predicted octanol–water partition coefficient (Wildman–Crippen LogP) is 3.11. The zero-order chi connectivity index (χ0) is 13.8. The van der Waals surface area contributed by atoms with Gasteiger partial charge in [0.05, 0.1) is 0 Å². The number of carbonyl (C=O) groups excluding carboxylic acids is 1. The van der Waals surface area contributed by atoms with E-state index in [1.165, 1.54) is 12.1 Å². The van der Waals surface area contributed by atoms with Crippen LogP contribution in [0.1, 0.15) is 21.6 Å². The number of pyridine rings is 1. The number of nitrogens with one attached hydrogen (secondary N) is 1. The Morgan fingerprint density at radius 2 is 2.11 bits per heavy atom. The predicted molar refractivity (Wildman–Crippen MR) is 71.6 cm³/mol. The van der Waals surface area contributed by atoms with Crippen molar-refractivity contribution >= 4 is 17.5 Å². The minimum Gasteiger partial charge on any atom is -0.348 e. The number of rotatable bonds is 3. The van der Waals surface area contributed by atoms with E-state index in [0.29, 0.717) is 16.8 Å². The highest BCUT2D eigenvalue weighted by Crippen LogP contribution is 2.11. The summed E-state index contributed by atoms with van der Waals surface area (Å²) in [4.78, 5) is 15.9. The van der Waals surface area contributed by atoms with Crippen molar-refractivity contribution in [1.29, 1.82) is 0 Å². The fourth-order valence-corrected chi connectivity index (χ4v) is 1.93. The van der Waals surface area contributed by atoms with Crippen LogP contribution in [0.2, 0.25) is 5.15 Å². The van der Waals surface area contributed by atoms with Gasteiger partial charge in [0.15, 0.2) is 0 Å². The third kappa shape index (κ3) is 3.51. The van der Waals surface area contributed by atoms with Crippen LogP contribution in [0.5, 0.6) is 0 Å². The van der Waals surface area contributed by atoms with E-state index < -0.39 is 0 Å². The van der Waals surface area contributed by atoms with E-state index in [4.69, 9.17) is 11.6 Å². The van der Waals surface area contributed by atoms with Crippen LogP contribution in [0.3, 0.4) is 0 Å². The zero-order valence-electron chi connectivity index (χ0n) is 10.3. The van der Waals surface area contributed by atoms with Crippen molar-refractivity contribution in [3.63, 3.8) is 0 Å². The molecule has 0 saturated heterocycles. The quantitative estimate of drug-likeness (QED) is 0.877. The van der Waals surface area contributed by atoms with Gasteiger partial charge in [0.1, 0.15) is 11.0 Å². The van der Waals surface area contributed by atoms with Gasteiger partial charge in [0.25, 0.3) is 5.91 Å². The maximum atomic E-state index is 13.4. The third-order valence-electron chi connectivity index (χ3n) is 2.58. The summed E-state index contributed by atoms with van der Waals surface area (Å²) in [6, 6.07) is 9.41. The van der Waals surface area contributed by atoms with Gasteiger partial charge in [0, 0.05) is 23.4 Å². The first-order valence-corrected chi connectivity index (χ1v) is 6.10. The van der Waals surface area contributed by atoms with Crippen molar-refractivity contribution in [3.8, 4) is 0 Å². The largest absolute Gasteiger partial charge is 0.348 e. The highest BCUT2D eigenvalue weighted by atomic mass is 35.5. The van der Waals surface area contributed by atoms with Crippen LogP contribution in [0, 0.1) is 12.7 Å². The van der Waals surface area contributed by atoms with E-state index in [1.807, 2.05) is 0 Å². The molecular weight excluding hydrogens is 267 g/mol. The first kappa shape index (κ1) is 13.5. The Labute approximate surface area is 115 Å². The highest BCUT2D eigenvalue weighted by Gasteiger charge is 2.09. The van der Waals surface area contributed by atoms with Gasteiger partial charge in [0.2, 0.25) is 0 Å². The summed E-state index contributed by atoms with van der Waals surface area (Å²) in [6.45, 7) is 1.88. The third-order valence-corrected chi connectivity index (χ3v) is 2.78. The fourth-order valence-electron chi connectivity index (χ4n) is 1.68. The SMILES string of the molecule is Cc1cc(C(=O)NCc2ccccc2F)cc(Cl)n1. The molecule has 1 heterocycles. The van der Waals surface area contributed by atoms with Crippen LogP contribution in [0.25, 0.3) is 0 Å². The van der Waals surface area contributed by atoms with Crippen LogP contribution in [-0.2, 0) is 6.54 Å². The van der Waals surface area contributed by atoms with Crippen molar-refractivity contribution in [1.82, 2.24) is 10.3 Å². The molecule has 2 rings (SSSR count). The molecule has 0 aliphatic rings. The van der Waals surface area contributed by atoms with Crippen LogP contribution in [-0.4, -0.2) is 10.9 Å². The van der Waals surface area contributed by atoms with Crippen LogP contribution >= 0.6 is 11.6 Å². The van der Waals surface area contributed by atoms with Gasteiger partial charge in [-0.2, -0.15) is 0 Å². The van der Waals surface area contributed by atoms with E-state index in [2.05, 4.69) is 10.3 Å². The van der Waals surface area contributed by atoms with E-state index in [1.54, 1.807) is 31.2 Å². The second kappa shape index (κ2) is 5.80. The van der Waals surface area contributed by atoms with Gasteiger partial charge >= 0.3 is 0 Å². The van der Waals surface area contributed by atoms with Crippen molar-refractivity contribution in [3.05, 3.63) is 64.2 Å². The number of amides is 1. The number of aromatic nitrogens is 1. The lowest BCUT2D eigenvalue weighted by Crippen LogP contribution is -2.23. The molecule has 3 nitrogen and oxygen atoms in total. The first-order valence-electron chi connectivity index (χ1n) is 5.72. The molecule has 0 aliphatic heterocycles. The summed E-state index contributed by atoms with van der Waals surface area (Å²) >= 11 is 5.79. The molecule has 1 N–H and O–H groups in total. The Hall–Kier alpha value is -1.94. The summed E-state index contributed by atoms with van der Waals surface area (Å²) < 4.78 is 13.4. The minimum absolute atomic E-state index is 0.129. The molecule has 0 bridgehead atoms. The topological polar surface area (TPSA) is 42.0 Å². The van der Waals surface area contributed by atoms with Gasteiger partial charge in [-0.3, -0.25) is 4.79 Å². The molecule has 0 saturated carbocycles. The van der Waals surface area contributed by atoms with Gasteiger partial charge in [-0.1, -0.05) is 29.8 Å². The molecule has 0 aliphatic carbocycles. The lowest BCUT2D eigenvalue weighted by atomic mass is 10.2. The Morgan fingerprint density at radius 3 is 2.79 bits per heavy atom. The summed E-state index contributed by atoms with van der Waals surface area (Å²) in [5.74, 6) is -0.651. The lowest BCUT2D eigenvalue weighted by Gasteiger charge is -2.07. The summed E-state index contributed by atoms with van der Waals surface area (Å²) in [5.41, 5.74) is 1.50. The van der Waals surface area contributed by atoms with Crippen molar-refractivity contribution in [2.24, 2.45) is 0 Å². The second-order valence-electron chi connectivity index (χ2n) is 4.09. The molecule has 0 spiro atoms. The Bertz CT molecular complexity index is 596. The number of aryl methyl sites for hydroxylation is 1. The first-order chi connectivity index (χ1) is 9.06. The number of benzene rings is 1. The molecule has 98 valence electrons. The van der Waals surface area contributed by atoms with E-state index in [0.717, 1.165) is 0 Å². The minimum atomic E-state index is -0.341. The van der Waals surface area contributed by atoms with E-state index in [-0.39, 0.29) is 23.4 Å². The smallest absolute Gasteiger partial charge is 0.251 e. The summed E-state index contributed by atoms with van der Waals surface area (Å²) in [5, 5.41) is 2.91. The molecule has 19 heavy (non-hydrogen) atoms. The lowest BCUT2D eigenvalue weighted by molar-refractivity contribution is 0.0950. The van der Waals surface area contributed by atoms with Crippen molar-refractivity contribution in [2.75, 3.05) is 0 Å². The van der Waals surface area contributed by atoms with Gasteiger partial charge in [-0.25, -0.2) is 9.37 Å². The number of hydrogen-bond donors (Lipinski definition) is 1. The maximum Gasteiger partial charge on any atom is 0.251 e. The monoisotopic (exact) mass is 278 g/mol. The van der Waals surface area contributed by atoms with Crippen LogP contribution < -0.4 is 5.32 Å². The summed E-state index contributed by atoms with van der Waals surface area (Å²) in [7, 11) is 0. The van der Waals surface area contributed by atoms with Crippen molar-refractivity contribution < 1.29 is 9.18 Å². The average Bonchev–Trinajstić information content (AvgIpc) is 2.36. The zero-order valence-corrected chi connectivity index (χ0v) is 11.0. The van der Waals surface area contributed by atoms with Gasteiger partial charge in [-0.05, 0) is 25.1 Å². The Kier molecular flexibility index (Phi) is 4.12. The Morgan fingerprint density at radius 1 is 1.37 bits per heavy atom. The van der Waals surface area contributed by atoms with Crippen LogP contribution in [0.4, 0.5) is 4.39 Å². The molecule has 1 aromatic heterocycles. The molecule has 0 radical (unpaired) electrons. The second-order valence-corrected chi connectivity index (χ2v) is 4.48. The van der Waals surface area contributed by atoms with Crippen LogP contribution in [0.15, 0.2) is 36.4 Å². The molecule has 0 atom stereocenters. The van der Waals surface area contributed by atoms with Crippen molar-refractivity contribution in [2.45, 2.75) is 13.5 Å². The summed E-state index contributed by atoms with van der Waals surface area (Å²) in [6.07, 6.45) is 0. The average molecular weight is 279 g/mol. The molecule has 0 unspecified atom stereocenters. The van der Waals surface area contributed by atoms with E-state index in [9.17, 15) is 9.18 Å². The Balaban J connectivity index is 2.08. The molecule has 5 heteroatoms. The molecule has 1 amide bonds. The molecule has 1 aromatic carbocycles. The molecule has 0 fully saturated rings. The number of halogens is 2. The molecule has 2 aromatic rings. The van der Waals surface area contributed by atoms with Gasteiger partial charge in [-0.15, -0.1) is 0 Å². The fraction of sp³-hybridized carbons (Fsp3) is 0.143. The number of hydrogen-bond acceptors (Lipinski definition) is 2. The maximum absolute atomic E-state index is 13.4. The van der Waals surface area contributed by atoms with E-state index >= 15 is 0 Å². The number of nitrogens with zero attached hydrogens (tertiary/aromatic N) is 1. The normalized spacial score (nSPS) is 10.3.